The monoisotopic (exact) mass is 207 g/mol. The van der Waals surface area contributed by atoms with E-state index >= 15 is 0 Å². The van der Waals surface area contributed by atoms with Gasteiger partial charge in [-0.3, -0.25) is 0 Å². The highest BCUT2D eigenvalue weighted by Crippen LogP contribution is 2.31. The summed E-state index contributed by atoms with van der Waals surface area (Å²) in [6.07, 6.45) is 0. The van der Waals surface area contributed by atoms with E-state index in [-0.39, 0.29) is 5.92 Å². The highest BCUT2D eigenvalue weighted by molar-refractivity contribution is 5.44. The van der Waals surface area contributed by atoms with Gasteiger partial charge in [0.15, 0.2) is 0 Å². The van der Waals surface area contributed by atoms with E-state index in [1.165, 1.54) is 5.56 Å². The van der Waals surface area contributed by atoms with E-state index < -0.39 is 0 Å². The zero-order valence-electron chi connectivity index (χ0n) is 10.0. The SMILES string of the molecule is Cc1cc(O)c(C(C)CN)cc1C(C)C. The molecule has 0 aliphatic rings. The third-order valence-corrected chi connectivity index (χ3v) is 2.92. The van der Waals surface area contributed by atoms with Crippen LogP contribution < -0.4 is 5.73 Å². The number of rotatable bonds is 3. The molecule has 1 atom stereocenters. The van der Waals surface area contributed by atoms with Gasteiger partial charge in [-0.15, -0.1) is 0 Å². The molecule has 1 aromatic rings. The fourth-order valence-corrected chi connectivity index (χ4v) is 1.87. The van der Waals surface area contributed by atoms with Crippen molar-refractivity contribution >= 4 is 0 Å². The molecule has 2 heteroatoms. The van der Waals surface area contributed by atoms with Gasteiger partial charge in [0.1, 0.15) is 5.75 Å². The lowest BCUT2D eigenvalue weighted by Crippen LogP contribution is -2.10. The molecule has 0 saturated heterocycles. The molecule has 0 spiro atoms. The fourth-order valence-electron chi connectivity index (χ4n) is 1.87. The largest absolute Gasteiger partial charge is 0.508 e. The second kappa shape index (κ2) is 4.67. The van der Waals surface area contributed by atoms with Gasteiger partial charge in [-0.1, -0.05) is 26.8 Å². The maximum Gasteiger partial charge on any atom is 0.119 e. The van der Waals surface area contributed by atoms with Crippen LogP contribution in [0.4, 0.5) is 0 Å². The van der Waals surface area contributed by atoms with Gasteiger partial charge in [0.25, 0.3) is 0 Å². The number of phenols is 1. The predicted molar refractivity (Wildman–Crippen MR) is 64.4 cm³/mol. The average molecular weight is 207 g/mol. The van der Waals surface area contributed by atoms with Gasteiger partial charge in [-0.25, -0.2) is 0 Å². The molecule has 1 unspecified atom stereocenters. The molecule has 0 saturated carbocycles. The minimum atomic E-state index is 0.211. The molecule has 0 amide bonds. The Morgan fingerprint density at radius 1 is 1.20 bits per heavy atom. The Morgan fingerprint density at radius 2 is 1.80 bits per heavy atom. The Labute approximate surface area is 92.1 Å². The van der Waals surface area contributed by atoms with Gasteiger partial charge in [0.2, 0.25) is 0 Å². The molecule has 1 aromatic carbocycles. The summed E-state index contributed by atoms with van der Waals surface area (Å²) < 4.78 is 0. The number of aryl methyl sites for hydroxylation is 1. The summed E-state index contributed by atoms with van der Waals surface area (Å²) in [5.41, 5.74) is 9.03. The van der Waals surface area contributed by atoms with Crippen molar-refractivity contribution in [2.45, 2.75) is 39.5 Å². The van der Waals surface area contributed by atoms with Gasteiger partial charge < -0.3 is 10.8 Å². The number of hydrogen-bond donors (Lipinski definition) is 2. The summed E-state index contributed by atoms with van der Waals surface area (Å²) in [7, 11) is 0. The van der Waals surface area contributed by atoms with Gasteiger partial charge in [-0.05, 0) is 48.1 Å². The minimum Gasteiger partial charge on any atom is -0.508 e. The summed E-state index contributed by atoms with van der Waals surface area (Å²) in [5.74, 6) is 1.06. The first kappa shape index (κ1) is 12.1. The third kappa shape index (κ3) is 2.51. The average Bonchev–Trinajstić information content (AvgIpc) is 2.16. The molecule has 0 radical (unpaired) electrons. The van der Waals surface area contributed by atoms with Crippen LogP contribution >= 0.6 is 0 Å². The summed E-state index contributed by atoms with van der Waals surface area (Å²) in [5, 5.41) is 9.84. The van der Waals surface area contributed by atoms with Crippen molar-refractivity contribution in [3.05, 3.63) is 28.8 Å². The first-order valence-corrected chi connectivity index (χ1v) is 5.50. The van der Waals surface area contributed by atoms with Crippen LogP contribution in [0.2, 0.25) is 0 Å². The standard InChI is InChI=1S/C13H21NO/c1-8(2)11-6-12(10(4)7-14)13(15)5-9(11)3/h5-6,8,10,15H,7,14H2,1-4H3. The van der Waals surface area contributed by atoms with Gasteiger partial charge in [0.05, 0.1) is 0 Å². The van der Waals surface area contributed by atoms with Crippen molar-refractivity contribution in [1.82, 2.24) is 0 Å². The number of nitrogens with two attached hydrogens (primary N) is 1. The molecule has 3 N–H and O–H groups in total. The normalized spacial score (nSPS) is 13.2. The van der Waals surface area contributed by atoms with E-state index in [1.54, 1.807) is 0 Å². The van der Waals surface area contributed by atoms with Crippen molar-refractivity contribution in [2.24, 2.45) is 5.73 Å². The molecule has 0 heterocycles. The predicted octanol–water partition coefficient (Wildman–Crippen LogP) is 2.89. The first-order chi connectivity index (χ1) is 6.97. The van der Waals surface area contributed by atoms with Crippen LogP contribution in [0.5, 0.6) is 5.75 Å². The molecule has 1 rings (SSSR count). The molecule has 0 fully saturated rings. The highest BCUT2D eigenvalue weighted by Gasteiger charge is 2.13. The molecule has 2 nitrogen and oxygen atoms in total. The maximum atomic E-state index is 9.84. The number of hydrogen-bond acceptors (Lipinski definition) is 2. The zero-order chi connectivity index (χ0) is 11.6. The van der Waals surface area contributed by atoms with E-state index in [4.69, 9.17) is 5.73 Å². The zero-order valence-corrected chi connectivity index (χ0v) is 10.0. The van der Waals surface area contributed by atoms with E-state index in [9.17, 15) is 5.11 Å². The molecule has 0 aromatic heterocycles. The molecule has 0 bridgehead atoms. The van der Waals surface area contributed by atoms with Crippen molar-refractivity contribution < 1.29 is 5.11 Å². The number of benzene rings is 1. The van der Waals surface area contributed by atoms with Crippen molar-refractivity contribution in [1.29, 1.82) is 0 Å². The molecular formula is C13H21NO. The highest BCUT2D eigenvalue weighted by atomic mass is 16.3. The lowest BCUT2D eigenvalue weighted by atomic mass is 9.91. The van der Waals surface area contributed by atoms with Crippen LogP contribution in [0.3, 0.4) is 0 Å². The lowest BCUT2D eigenvalue weighted by molar-refractivity contribution is 0.462. The second-order valence-electron chi connectivity index (χ2n) is 4.56. The Hall–Kier alpha value is -1.02. The first-order valence-electron chi connectivity index (χ1n) is 5.50. The van der Waals surface area contributed by atoms with Gasteiger partial charge >= 0.3 is 0 Å². The smallest absolute Gasteiger partial charge is 0.119 e. The molecule has 0 aliphatic carbocycles. The topological polar surface area (TPSA) is 46.2 Å². The number of phenolic OH excluding ortho intramolecular Hbond substituents is 1. The fraction of sp³-hybridized carbons (Fsp3) is 0.538. The van der Waals surface area contributed by atoms with Crippen LogP contribution in [-0.2, 0) is 0 Å². The van der Waals surface area contributed by atoms with Crippen LogP contribution in [0, 0.1) is 6.92 Å². The molecule has 84 valence electrons. The van der Waals surface area contributed by atoms with Crippen molar-refractivity contribution in [3.8, 4) is 5.75 Å². The minimum absolute atomic E-state index is 0.211. The van der Waals surface area contributed by atoms with Crippen LogP contribution in [0.1, 0.15) is 49.3 Å². The van der Waals surface area contributed by atoms with Gasteiger partial charge in [0, 0.05) is 0 Å². The van der Waals surface area contributed by atoms with E-state index in [0.29, 0.717) is 18.2 Å². The Kier molecular flexibility index (Phi) is 3.75. The lowest BCUT2D eigenvalue weighted by Gasteiger charge is -2.17. The Balaban J connectivity index is 3.23. The van der Waals surface area contributed by atoms with E-state index in [1.807, 2.05) is 19.9 Å². The number of aromatic hydroxyl groups is 1. The van der Waals surface area contributed by atoms with E-state index in [2.05, 4.69) is 19.9 Å². The summed E-state index contributed by atoms with van der Waals surface area (Å²) in [6, 6.07) is 3.93. The van der Waals surface area contributed by atoms with Crippen LogP contribution in [0.25, 0.3) is 0 Å². The van der Waals surface area contributed by atoms with Crippen molar-refractivity contribution in [3.63, 3.8) is 0 Å². The van der Waals surface area contributed by atoms with Crippen LogP contribution in [0.15, 0.2) is 12.1 Å². The maximum absolute atomic E-state index is 9.84. The quantitative estimate of drug-likeness (QED) is 0.800. The Morgan fingerprint density at radius 3 is 2.27 bits per heavy atom. The Bertz CT molecular complexity index is 345. The molecule has 15 heavy (non-hydrogen) atoms. The molecular weight excluding hydrogens is 186 g/mol. The van der Waals surface area contributed by atoms with Crippen molar-refractivity contribution in [2.75, 3.05) is 6.54 Å². The third-order valence-electron chi connectivity index (χ3n) is 2.92. The second-order valence-corrected chi connectivity index (χ2v) is 4.56. The van der Waals surface area contributed by atoms with Crippen LogP contribution in [-0.4, -0.2) is 11.7 Å². The summed E-state index contributed by atoms with van der Waals surface area (Å²) in [4.78, 5) is 0. The van der Waals surface area contributed by atoms with Gasteiger partial charge in [-0.2, -0.15) is 0 Å². The summed E-state index contributed by atoms with van der Waals surface area (Å²) >= 11 is 0. The van der Waals surface area contributed by atoms with E-state index in [0.717, 1.165) is 11.1 Å². The summed E-state index contributed by atoms with van der Waals surface area (Å²) in [6.45, 7) is 8.96. The molecule has 0 aliphatic heterocycles.